The predicted molar refractivity (Wildman–Crippen MR) is 111 cm³/mol. The minimum atomic E-state index is 0.0694. The van der Waals surface area contributed by atoms with Gasteiger partial charge in [-0.05, 0) is 24.3 Å². The van der Waals surface area contributed by atoms with Gasteiger partial charge in [0.2, 0.25) is 17.5 Å². The summed E-state index contributed by atoms with van der Waals surface area (Å²) in [6.45, 7) is 2.22. The van der Waals surface area contributed by atoms with E-state index in [1.165, 1.54) is 18.0 Å². The number of hydrogen-bond acceptors (Lipinski definition) is 8. The number of hydrogen-bond donors (Lipinski definition) is 0. The lowest BCUT2D eigenvalue weighted by Gasteiger charge is -2.34. The molecular formula is C21H20N4O4S. The van der Waals surface area contributed by atoms with Crippen molar-refractivity contribution in [3.05, 3.63) is 48.4 Å². The van der Waals surface area contributed by atoms with E-state index in [2.05, 4.69) is 11.1 Å². The second-order valence-electron chi connectivity index (χ2n) is 6.57. The number of oxazole rings is 1. The summed E-state index contributed by atoms with van der Waals surface area (Å²) in [5.41, 5.74) is 0.216. The maximum atomic E-state index is 12.6. The van der Waals surface area contributed by atoms with Gasteiger partial charge in [-0.15, -0.1) is 11.8 Å². The number of thioether (sulfide) groups is 1. The first-order valence-corrected chi connectivity index (χ1v) is 10.4. The molecule has 1 amide bonds. The fourth-order valence-corrected chi connectivity index (χ4v) is 4.16. The molecule has 0 bridgehead atoms. The molecule has 2 aromatic heterocycles. The number of nitriles is 1. The number of furan rings is 1. The Hall–Kier alpha value is -3.38. The summed E-state index contributed by atoms with van der Waals surface area (Å²) < 4.78 is 16.4. The number of amides is 1. The highest BCUT2D eigenvalue weighted by atomic mass is 32.2. The molecule has 3 aromatic rings. The van der Waals surface area contributed by atoms with Gasteiger partial charge in [0.1, 0.15) is 11.8 Å². The minimum Gasteiger partial charge on any atom is -0.496 e. The fourth-order valence-electron chi connectivity index (χ4n) is 3.23. The number of aromatic nitrogens is 1. The Kier molecular flexibility index (Phi) is 5.95. The van der Waals surface area contributed by atoms with Gasteiger partial charge >= 0.3 is 0 Å². The van der Waals surface area contributed by atoms with Crippen molar-refractivity contribution in [3.8, 4) is 23.5 Å². The van der Waals surface area contributed by atoms with Crippen LogP contribution >= 0.6 is 11.8 Å². The molecule has 1 fully saturated rings. The Morgan fingerprint density at radius 1 is 1.23 bits per heavy atom. The van der Waals surface area contributed by atoms with Crippen molar-refractivity contribution in [1.29, 1.82) is 5.26 Å². The Morgan fingerprint density at radius 2 is 2.03 bits per heavy atom. The van der Waals surface area contributed by atoms with Crippen LogP contribution in [0.1, 0.15) is 5.69 Å². The molecule has 0 spiro atoms. The molecule has 1 aliphatic rings. The lowest BCUT2D eigenvalue weighted by atomic mass is 10.3. The summed E-state index contributed by atoms with van der Waals surface area (Å²) >= 11 is 1.47. The third-order valence-electron chi connectivity index (χ3n) is 4.79. The van der Waals surface area contributed by atoms with Gasteiger partial charge in [-0.3, -0.25) is 4.79 Å². The van der Waals surface area contributed by atoms with E-state index in [1.807, 2.05) is 34.1 Å². The molecule has 0 radical (unpaired) electrons. The zero-order valence-corrected chi connectivity index (χ0v) is 17.2. The molecule has 0 unspecified atom stereocenters. The molecule has 30 heavy (non-hydrogen) atoms. The summed E-state index contributed by atoms with van der Waals surface area (Å²) in [7, 11) is 1.62. The number of rotatable bonds is 6. The number of carbonyl (C=O) groups excluding carboxylic acids is 1. The number of methoxy groups -OCH3 is 1. The standard InChI is InChI=1S/C21H20N4O4S/c1-27-16-5-2-3-7-18(16)30-14-19(26)24-8-10-25(11-9-24)21-15(13-22)23-20(29-21)17-6-4-12-28-17/h2-7,12H,8-11,14H2,1H3. The number of carbonyl (C=O) groups is 1. The normalized spacial score (nSPS) is 13.9. The average Bonchev–Trinajstić information content (AvgIpc) is 3.47. The maximum Gasteiger partial charge on any atom is 0.266 e. The summed E-state index contributed by atoms with van der Waals surface area (Å²) in [5, 5.41) is 9.41. The van der Waals surface area contributed by atoms with E-state index in [0.29, 0.717) is 43.6 Å². The van der Waals surface area contributed by atoms with Crippen molar-refractivity contribution >= 4 is 23.6 Å². The Morgan fingerprint density at radius 3 is 2.73 bits per heavy atom. The summed E-state index contributed by atoms with van der Waals surface area (Å²) in [5.74, 6) is 2.34. The van der Waals surface area contributed by atoms with Gasteiger partial charge in [-0.2, -0.15) is 10.2 Å². The Labute approximate surface area is 178 Å². The molecule has 1 saturated heterocycles. The molecule has 3 heterocycles. The monoisotopic (exact) mass is 424 g/mol. The number of piperazine rings is 1. The van der Waals surface area contributed by atoms with Crippen molar-refractivity contribution in [3.63, 3.8) is 0 Å². The van der Waals surface area contributed by atoms with Crippen LogP contribution in [0.4, 0.5) is 5.88 Å². The van der Waals surface area contributed by atoms with Gasteiger partial charge in [-0.25, -0.2) is 0 Å². The highest BCUT2D eigenvalue weighted by Crippen LogP contribution is 2.30. The van der Waals surface area contributed by atoms with Gasteiger partial charge in [-0.1, -0.05) is 12.1 Å². The molecule has 4 rings (SSSR count). The van der Waals surface area contributed by atoms with E-state index in [1.54, 1.807) is 19.2 Å². The van der Waals surface area contributed by atoms with Gasteiger partial charge in [0.15, 0.2) is 5.76 Å². The molecule has 1 aliphatic heterocycles. The van der Waals surface area contributed by atoms with Crippen molar-refractivity contribution in [2.45, 2.75) is 4.90 Å². The van der Waals surface area contributed by atoms with Crippen molar-refractivity contribution in [1.82, 2.24) is 9.88 Å². The van der Waals surface area contributed by atoms with Crippen LogP contribution in [0.3, 0.4) is 0 Å². The quantitative estimate of drug-likeness (QED) is 0.557. The lowest BCUT2D eigenvalue weighted by Crippen LogP contribution is -2.49. The van der Waals surface area contributed by atoms with Gasteiger partial charge in [0.05, 0.1) is 19.1 Å². The Balaban J connectivity index is 1.36. The van der Waals surface area contributed by atoms with Crippen molar-refractivity contribution in [2.24, 2.45) is 0 Å². The SMILES string of the molecule is COc1ccccc1SCC(=O)N1CCN(c2oc(-c3ccco3)nc2C#N)CC1. The smallest absolute Gasteiger partial charge is 0.266 e. The molecule has 154 valence electrons. The van der Waals surface area contributed by atoms with Crippen molar-refractivity contribution in [2.75, 3.05) is 43.9 Å². The second kappa shape index (κ2) is 8.97. The molecule has 0 aliphatic carbocycles. The van der Waals surface area contributed by atoms with E-state index in [-0.39, 0.29) is 17.5 Å². The van der Waals surface area contributed by atoms with Crippen LogP contribution in [-0.2, 0) is 4.79 Å². The molecule has 8 nitrogen and oxygen atoms in total. The summed E-state index contributed by atoms with van der Waals surface area (Å²) in [6, 6.07) is 13.2. The molecule has 0 atom stereocenters. The number of benzene rings is 1. The minimum absolute atomic E-state index is 0.0694. The average molecular weight is 424 g/mol. The number of para-hydroxylation sites is 1. The van der Waals surface area contributed by atoms with Crippen LogP contribution < -0.4 is 9.64 Å². The molecule has 9 heteroatoms. The largest absolute Gasteiger partial charge is 0.496 e. The third kappa shape index (κ3) is 4.14. The van der Waals surface area contributed by atoms with Gasteiger partial charge in [0, 0.05) is 31.1 Å². The van der Waals surface area contributed by atoms with E-state index in [9.17, 15) is 10.1 Å². The molecule has 1 aromatic carbocycles. The summed E-state index contributed by atoms with van der Waals surface area (Å²) in [6.07, 6.45) is 1.53. The van der Waals surface area contributed by atoms with E-state index >= 15 is 0 Å². The van der Waals surface area contributed by atoms with Crippen LogP contribution in [0.5, 0.6) is 5.75 Å². The number of nitrogens with zero attached hydrogens (tertiary/aromatic N) is 4. The molecular weight excluding hydrogens is 404 g/mol. The third-order valence-corrected chi connectivity index (χ3v) is 5.83. The van der Waals surface area contributed by atoms with Crippen molar-refractivity contribution < 1.29 is 18.4 Å². The first kappa shape index (κ1) is 19.9. The summed E-state index contributed by atoms with van der Waals surface area (Å²) in [4.78, 5) is 21.6. The van der Waals surface area contributed by atoms with E-state index in [4.69, 9.17) is 13.6 Å². The van der Waals surface area contributed by atoms with Crippen LogP contribution in [0.25, 0.3) is 11.7 Å². The molecule has 0 N–H and O–H groups in total. The van der Waals surface area contributed by atoms with Crippen LogP contribution in [-0.4, -0.2) is 54.8 Å². The van der Waals surface area contributed by atoms with E-state index in [0.717, 1.165) is 10.6 Å². The number of ether oxygens (including phenoxy) is 1. The topological polar surface area (TPSA) is 95.7 Å². The van der Waals surface area contributed by atoms with E-state index < -0.39 is 0 Å². The highest BCUT2D eigenvalue weighted by molar-refractivity contribution is 8.00. The number of anilines is 1. The first-order chi connectivity index (χ1) is 14.7. The van der Waals surface area contributed by atoms with Crippen LogP contribution in [0, 0.1) is 11.3 Å². The zero-order chi connectivity index (χ0) is 20.9. The van der Waals surface area contributed by atoms with Crippen LogP contribution in [0.2, 0.25) is 0 Å². The molecule has 0 saturated carbocycles. The highest BCUT2D eigenvalue weighted by Gasteiger charge is 2.27. The first-order valence-electron chi connectivity index (χ1n) is 9.43. The predicted octanol–water partition coefficient (Wildman–Crippen LogP) is 3.26. The lowest BCUT2D eigenvalue weighted by molar-refractivity contribution is -0.128. The second-order valence-corrected chi connectivity index (χ2v) is 7.59. The fraction of sp³-hybridized carbons (Fsp3) is 0.286. The van der Waals surface area contributed by atoms with Crippen LogP contribution in [0.15, 0.2) is 56.4 Å². The van der Waals surface area contributed by atoms with Gasteiger partial charge in [0.25, 0.3) is 5.89 Å². The maximum absolute atomic E-state index is 12.6. The van der Waals surface area contributed by atoms with Gasteiger partial charge < -0.3 is 23.4 Å². The Bertz CT molecular complexity index is 1050. The zero-order valence-electron chi connectivity index (χ0n) is 16.4.